The van der Waals surface area contributed by atoms with Crippen LogP contribution in [-0.4, -0.2) is 11.5 Å². The van der Waals surface area contributed by atoms with Crippen molar-refractivity contribution in [1.82, 2.24) is 4.98 Å². The number of fused-ring (bicyclic) bond motifs is 1. The minimum atomic E-state index is -0.185. The number of aryl methyl sites for hydroxylation is 1. The summed E-state index contributed by atoms with van der Waals surface area (Å²) in [5.74, 6) is 0.230. The molecule has 24 heavy (non-hydrogen) atoms. The van der Waals surface area contributed by atoms with Crippen LogP contribution in [0.5, 0.6) is 0 Å². The number of para-hydroxylation sites is 1. The normalized spacial score (nSPS) is 11.5. The van der Waals surface area contributed by atoms with Crippen LogP contribution >= 0.6 is 0 Å². The molecule has 0 aliphatic carbocycles. The maximum Gasteiger partial charge on any atom is 0.132 e. The van der Waals surface area contributed by atoms with Crippen LogP contribution in [-0.2, 0) is 6.42 Å². The second kappa shape index (κ2) is 7.18. The van der Waals surface area contributed by atoms with Crippen LogP contribution in [0.1, 0.15) is 43.7 Å². The van der Waals surface area contributed by atoms with Crippen molar-refractivity contribution in [3.63, 3.8) is 0 Å². The molecule has 0 saturated heterocycles. The molecule has 0 bridgehead atoms. The van der Waals surface area contributed by atoms with Gasteiger partial charge in [-0.05, 0) is 55.0 Å². The van der Waals surface area contributed by atoms with Crippen molar-refractivity contribution in [2.45, 2.75) is 39.0 Å². The molecule has 0 aliphatic heterocycles. The van der Waals surface area contributed by atoms with Crippen molar-refractivity contribution in [1.29, 1.82) is 0 Å². The monoisotopic (exact) mass is 324 g/mol. The van der Waals surface area contributed by atoms with Crippen molar-refractivity contribution in [2.24, 2.45) is 5.73 Å². The molecule has 3 rings (SSSR count). The minimum absolute atomic E-state index is 0.185. The largest absolute Gasteiger partial charge is 0.354 e. The fraction of sp³-hybridized carbons (Fsp3) is 0.333. The molecule has 3 aromatic rings. The van der Waals surface area contributed by atoms with E-state index >= 15 is 0 Å². The number of nitrogens with two attached hydrogens (primary N) is 1. The van der Waals surface area contributed by atoms with Gasteiger partial charge in [0.15, 0.2) is 0 Å². The molecule has 2 nitrogen and oxygen atoms in total. The third-order valence-electron chi connectivity index (χ3n) is 4.62. The maximum absolute atomic E-state index is 14.4. The highest BCUT2D eigenvalue weighted by atomic mass is 19.1. The number of hydrogen-bond acceptors (Lipinski definition) is 1. The number of aromatic nitrogens is 1. The Bertz CT molecular complexity index is 833. The third-order valence-corrected chi connectivity index (χ3v) is 4.62. The first kappa shape index (κ1) is 16.7. The van der Waals surface area contributed by atoms with E-state index in [1.807, 2.05) is 12.1 Å². The van der Waals surface area contributed by atoms with Crippen molar-refractivity contribution in [3.8, 4) is 11.3 Å². The molecule has 0 unspecified atom stereocenters. The Kier molecular flexibility index (Phi) is 5.00. The number of benzene rings is 2. The van der Waals surface area contributed by atoms with E-state index in [0.717, 1.165) is 30.5 Å². The van der Waals surface area contributed by atoms with Crippen molar-refractivity contribution in [3.05, 3.63) is 59.4 Å². The van der Waals surface area contributed by atoms with Gasteiger partial charge in [0, 0.05) is 16.5 Å². The van der Waals surface area contributed by atoms with Gasteiger partial charge >= 0.3 is 0 Å². The first-order chi connectivity index (χ1) is 11.6. The molecular weight excluding hydrogens is 299 g/mol. The third kappa shape index (κ3) is 3.09. The van der Waals surface area contributed by atoms with Crippen LogP contribution < -0.4 is 5.73 Å². The van der Waals surface area contributed by atoms with Gasteiger partial charge in [-0.1, -0.05) is 44.2 Å². The van der Waals surface area contributed by atoms with Crippen molar-refractivity contribution in [2.75, 3.05) is 6.54 Å². The Morgan fingerprint density at radius 1 is 1.04 bits per heavy atom. The molecular formula is C21H25FN2. The molecule has 0 amide bonds. The fourth-order valence-electron chi connectivity index (χ4n) is 3.38. The number of halogens is 1. The molecule has 1 heterocycles. The quantitative estimate of drug-likeness (QED) is 0.587. The lowest BCUT2D eigenvalue weighted by atomic mass is 9.96. The van der Waals surface area contributed by atoms with Crippen LogP contribution in [0.3, 0.4) is 0 Å². The summed E-state index contributed by atoms with van der Waals surface area (Å²) in [5.41, 5.74) is 10.8. The second-order valence-electron chi connectivity index (χ2n) is 6.63. The molecule has 0 spiro atoms. The smallest absolute Gasteiger partial charge is 0.132 e. The summed E-state index contributed by atoms with van der Waals surface area (Å²) < 4.78 is 14.4. The Morgan fingerprint density at radius 3 is 2.54 bits per heavy atom. The number of unbranched alkanes of at least 4 members (excludes halogenated alkanes) is 1. The molecule has 0 radical (unpaired) electrons. The fourth-order valence-corrected chi connectivity index (χ4v) is 3.38. The van der Waals surface area contributed by atoms with E-state index in [9.17, 15) is 4.39 Å². The van der Waals surface area contributed by atoms with E-state index in [1.54, 1.807) is 6.07 Å². The lowest BCUT2D eigenvalue weighted by molar-refractivity contribution is 0.630. The van der Waals surface area contributed by atoms with Crippen molar-refractivity contribution < 1.29 is 4.39 Å². The van der Waals surface area contributed by atoms with Crippen LogP contribution in [0.4, 0.5) is 4.39 Å². The summed E-state index contributed by atoms with van der Waals surface area (Å²) in [6, 6.07) is 13.4. The topological polar surface area (TPSA) is 41.8 Å². The molecule has 2 aromatic carbocycles. The molecule has 0 saturated carbocycles. The Morgan fingerprint density at radius 2 is 1.83 bits per heavy atom. The Labute approximate surface area is 142 Å². The van der Waals surface area contributed by atoms with Crippen LogP contribution in [0.2, 0.25) is 0 Å². The highest BCUT2D eigenvalue weighted by Gasteiger charge is 2.18. The SMILES string of the molecule is CC(C)c1cccc2c(CCCCN)c(-c3ccccc3F)[nH]c12. The molecule has 126 valence electrons. The van der Waals surface area contributed by atoms with Crippen LogP contribution in [0.25, 0.3) is 22.2 Å². The lowest BCUT2D eigenvalue weighted by Gasteiger charge is -2.07. The van der Waals surface area contributed by atoms with Gasteiger partial charge in [0.2, 0.25) is 0 Å². The molecule has 0 atom stereocenters. The van der Waals surface area contributed by atoms with Crippen molar-refractivity contribution >= 4 is 10.9 Å². The highest BCUT2D eigenvalue weighted by molar-refractivity contribution is 5.93. The van der Waals surface area contributed by atoms with E-state index in [1.165, 1.54) is 22.6 Å². The van der Waals surface area contributed by atoms with E-state index in [2.05, 4.69) is 37.0 Å². The molecule has 1 aromatic heterocycles. The minimum Gasteiger partial charge on any atom is -0.354 e. The Balaban J connectivity index is 2.21. The first-order valence-electron chi connectivity index (χ1n) is 8.72. The van der Waals surface area contributed by atoms with Gasteiger partial charge in [0.25, 0.3) is 0 Å². The Hall–Kier alpha value is -2.13. The van der Waals surface area contributed by atoms with Crippen LogP contribution in [0.15, 0.2) is 42.5 Å². The van der Waals surface area contributed by atoms with Gasteiger partial charge in [-0.2, -0.15) is 0 Å². The molecule has 0 aliphatic rings. The average molecular weight is 324 g/mol. The van der Waals surface area contributed by atoms with Gasteiger partial charge in [-0.3, -0.25) is 0 Å². The van der Waals surface area contributed by atoms with Gasteiger partial charge in [-0.15, -0.1) is 0 Å². The summed E-state index contributed by atoms with van der Waals surface area (Å²) in [5, 5.41) is 1.21. The van der Waals surface area contributed by atoms with Gasteiger partial charge in [0.1, 0.15) is 5.82 Å². The predicted octanol–water partition coefficient (Wildman–Crippen LogP) is 5.38. The van der Waals surface area contributed by atoms with E-state index < -0.39 is 0 Å². The molecule has 0 fully saturated rings. The summed E-state index contributed by atoms with van der Waals surface area (Å²) >= 11 is 0. The number of rotatable bonds is 6. The van der Waals surface area contributed by atoms with Gasteiger partial charge in [-0.25, -0.2) is 4.39 Å². The summed E-state index contributed by atoms with van der Waals surface area (Å²) in [4.78, 5) is 3.53. The molecule has 3 heteroatoms. The highest BCUT2D eigenvalue weighted by Crippen LogP contribution is 2.36. The molecule has 3 N–H and O–H groups in total. The van der Waals surface area contributed by atoms with E-state index in [-0.39, 0.29) is 5.82 Å². The van der Waals surface area contributed by atoms with E-state index in [0.29, 0.717) is 18.0 Å². The summed E-state index contributed by atoms with van der Waals surface area (Å²) in [7, 11) is 0. The standard InChI is InChI=1S/C21H25FN2/c1-14(2)15-10-7-11-17-16(8-5-6-13-23)21(24-20(15)17)18-9-3-4-12-19(18)22/h3-4,7,9-12,14,24H,5-6,8,13,23H2,1-2H3. The predicted molar refractivity (Wildman–Crippen MR) is 99.8 cm³/mol. The number of H-pyrrole nitrogens is 1. The van der Waals surface area contributed by atoms with Crippen LogP contribution in [0, 0.1) is 5.82 Å². The lowest BCUT2D eigenvalue weighted by Crippen LogP contribution is -1.99. The maximum atomic E-state index is 14.4. The zero-order valence-corrected chi connectivity index (χ0v) is 14.4. The van der Waals surface area contributed by atoms with Gasteiger partial charge < -0.3 is 10.7 Å². The van der Waals surface area contributed by atoms with Gasteiger partial charge in [0.05, 0.1) is 5.69 Å². The van der Waals surface area contributed by atoms with E-state index in [4.69, 9.17) is 5.73 Å². The number of hydrogen-bond donors (Lipinski definition) is 2. The summed E-state index contributed by atoms with van der Waals surface area (Å²) in [6.45, 7) is 5.06. The first-order valence-corrected chi connectivity index (χ1v) is 8.72. The average Bonchev–Trinajstić information content (AvgIpc) is 2.94. The summed E-state index contributed by atoms with van der Waals surface area (Å²) in [6.07, 6.45) is 2.90. The number of nitrogens with one attached hydrogen (secondary N) is 1. The zero-order valence-electron chi connectivity index (χ0n) is 14.4. The zero-order chi connectivity index (χ0) is 17.1. The number of aromatic amines is 1. The second-order valence-corrected chi connectivity index (χ2v) is 6.63.